The molecule has 0 saturated heterocycles. The van der Waals surface area contributed by atoms with Gasteiger partial charge in [0, 0.05) is 0 Å². The Kier molecular flexibility index (Phi) is 8.06. The third-order valence-corrected chi connectivity index (χ3v) is 16.6. The fourth-order valence-electron chi connectivity index (χ4n) is 11.4. The average Bonchev–Trinajstić information content (AvgIpc) is 3.70. The van der Waals surface area contributed by atoms with Crippen LogP contribution in [0.4, 0.5) is 0 Å². The molecule has 13 aromatic carbocycles. The highest BCUT2D eigenvalue weighted by atomic mass is 31.1. The van der Waals surface area contributed by atoms with Gasteiger partial charge < -0.3 is 0 Å². The topological polar surface area (TPSA) is 0 Å². The van der Waals surface area contributed by atoms with Crippen LogP contribution in [0.2, 0.25) is 0 Å². The zero-order valence-electron chi connectivity index (χ0n) is 35.5. The molecule has 13 aromatic rings. The fraction of sp³-hybridized carbons (Fsp3) is 0. The monoisotopic (exact) mass is 838 g/mol. The molecule has 300 valence electrons. The first-order valence-corrected chi connectivity index (χ1v) is 23.9. The molecule has 0 amide bonds. The third-order valence-electron chi connectivity index (χ3n) is 14.1. The van der Waals surface area contributed by atoms with E-state index in [9.17, 15) is 0 Å². The van der Waals surface area contributed by atoms with Gasteiger partial charge >= 0.3 is 0 Å². The number of benzene rings is 13. The normalized spacial score (nSPS) is 12.1. The van der Waals surface area contributed by atoms with Crippen molar-refractivity contribution < 1.29 is 0 Å². The van der Waals surface area contributed by atoms with Gasteiger partial charge in [-0.25, -0.2) is 0 Å². The van der Waals surface area contributed by atoms with Crippen molar-refractivity contribution in [2.24, 2.45) is 0 Å². The van der Waals surface area contributed by atoms with Gasteiger partial charge in [-0.3, -0.25) is 0 Å². The summed E-state index contributed by atoms with van der Waals surface area (Å²) >= 11 is 0. The maximum Gasteiger partial charge on any atom is -0.000719 e. The van der Waals surface area contributed by atoms with Crippen LogP contribution < -0.4 is 15.9 Å². The third kappa shape index (κ3) is 5.42. The highest BCUT2D eigenvalue weighted by molar-refractivity contribution is 7.80. The number of rotatable bonds is 5. The molecule has 0 bridgehead atoms. The van der Waals surface area contributed by atoms with Crippen LogP contribution in [0.1, 0.15) is 0 Å². The van der Waals surface area contributed by atoms with E-state index >= 15 is 0 Å². The van der Waals surface area contributed by atoms with Gasteiger partial charge in [-0.1, -0.05) is 212 Å². The second-order valence-electron chi connectivity index (χ2n) is 17.5. The van der Waals surface area contributed by atoms with E-state index in [1.165, 1.54) is 136 Å². The van der Waals surface area contributed by atoms with Crippen molar-refractivity contribution in [3.63, 3.8) is 0 Å². The van der Waals surface area contributed by atoms with Crippen LogP contribution >= 0.6 is 7.92 Å². The van der Waals surface area contributed by atoms with Gasteiger partial charge in [0.15, 0.2) is 0 Å². The van der Waals surface area contributed by atoms with Crippen molar-refractivity contribution in [1.29, 1.82) is 0 Å². The van der Waals surface area contributed by atoms with Crippen LogP contribution in [0.15, 0.2) is 237 Å². The van der Waals surface area contributed by atoms with E-state index in [1.807, 2.05) is 0 Å². The van der Waals surface area contributed by atoms with E-state index in [0.717, 1.165) is 0 Å². The number of hydrogen-bond acceptors (Lipinski definition) is 0. The van der Waals surface area contributed by atoms with Gasteiger partial charge in [-0.15, -0.1) is 0 Å². The molecule has 0 saturated carbocycles. The molecule has 0 radical (unpaired) electrons. The summed E-state index contributed by atoms with van der Waals surface area (Å²) in [5.74, 6) is 0. The summed E-state index contributed by atoms with van der Waals surface area (Å²) < 4.78 is 0. The lowest BCUT2D eigenvalue weighted by molar-refractivity contribution is 1.62. The van der Waals surface area contributed by atoms with E-state index in [0.29, 0.717) is 0 Å². The Labute approximate surface area is 378 Å². The van der Waals surface area contributed by atoms with Crippen molar-refractivity contribution in [3.05, 3.63) is 237 Å². The fourth-order valence-corrected chi connectivity index (χ4v) is 14.1. The van der Waals surface area contributed by atoms with E-state index in [4.69, 9.17) is 0 Å². The minimum Gasteiger partial charge on any atom is -0.0622 e. The SMILES string of the molecule is c1ccc(-c2c3c(c(-c4ccccc4)c4ccccc24)-c2cc4ccc(P(c5cc6ccccc6c6ccccc56)c5cc6ccccc6c6ccccc56)cc4c4cccc-3c24)cc1. The van der Waals surface area contributed by atoms with Gasteiger partial charge in [0.2, 0.25) is 0 Å². The first-order valence-electron chi connectivity index (χ1n) is 22.6. The Balaban J connectivity index is 1.10. The van der Waals surface area contributed by atoms with Gasteiger partial charge in [-0.2, -0.15) is 0 Å². The Bertz CT molecular complexity index is 3990. The van der Waals surface area contributed by atoms with Crippen molar-refractivity contribution in [2.45, 2.75) is 0 Å². The summed E-state index contributed by atoms with van der Waals surface area (Å²) in [4.78, 5) is 0. The van der Waals surface area contributed by atoms with Crippen LogP contribution in [-0.2, 0) is 0 Å². The van der Waals surface area contributed by atoms with Crippen LogP contribution in [0.25, 0.3) is 120 Å². The molecule has 14 rings (SSSR count). The molecule has 0 spiro atoms. The average molecular weight is 839 g/mol. The lowest BCUT2D eigenvalue weighted by atomic mass is 9.82. The van der Waals surface area contributed by atoms with Crippen molar-refractivity contribution in [2.75, 3.05) is 0 Å². The Morgan fingerprint density at radius 3 is 1.22 bits per heavy atom. The quantitative estimate of drug-likeness (QED) is 0.120. The van der Waals surface area contributed by atoms with E-state index in [1.54, 1.807) is 0 Å². The minimum atomic E-state index is -1.06. The molecule has 1 aliphatic rings. The maximum absolute atomic E-state index is 2.56. The second kappa shape index (κ2) is 14.3. The summed E-state index contributed by atoms with van der Waals surface area (Å²) in [5, 5.41) is 22.3. The molecular weight excluding hydrogens is 800 g/mol. The lowest BCUT2D eigenvalue weighted by Crippen LogP contribution is -2.22. The van der Waals surface area contributed by atoms with Crippen LogP contribution in [0.3, 0.4) is 0 Å². The molecule has 0 N–H and O–H groups in total. The molecule has 0 aromatic heterocycles. The van der Waals surface area contributed by atoms with Crippen molar-refractivity contribution in [3.8, 4) is 44.5 Å². The Hall–Kier alpha value is -7.89. The number of hydrogen-bond donors (Lipinski definition) is 0. The smallest absolute Gasteiger partial charge is 0.000719 e. The summed E-state index contributed by atoms with van der Waals surface area (Å²) in [6, 6.07) is 89.1. The molecule has 0 unspecified atom stereocenters. The first-order chi connectivity index (χ1) is 32.3. The van der Waals surface area contributed by atoms with E-state index in [2.05, 4.69) is 237 Å². The lowest BCUT2D eigenvalue weighted by Gasteiger charge is -2.25. The zero-order chi connectivity index (χ0) is 42.6. The largest absolute Gasteiger partial charge is 0.0622 e. The van der Waals surface area contributed by atoms with Gasteiger partial charge in [-0.05, 0) is 168 Å². The Morgan fingerprint density at radius 2 is 0.662 bits per heavy atom. The second-order valence-corrected chi connectivity index (χ2v) is 19.6. The molecule has 0 atom stereocenters. The summed E-state index contributed by atoms with van der Waals surface area (Å²) in [5.41, 5.74) is 10.4. The van der Waals surface area contributed by atoms with Gasteiger partial charge in [0.25, 0.3) is 0 Å². The van der Waals surface area contributed by atoms with Gasteiger partial charge in [0.1, 0.15) is 0 Å². The highest BCUT2D eigenvalue weighted by Gasteiger charge is 2.32. The molecule has 1 aliphatic carbocycles. The minimum absolute atomic E-state index is 1.06. The summed E-state index contributed by atoms with van der Waals surface area (Å²) in [7, 11) is -1.06. The highest BCUT2D eigenvalue weighted by Crippen LogP contribution is 2.58. The Morgan fingerprint density at radius 1 is 0.231 bits per heavy atom. The first kappa shape index (κ1) is 36.6. The molecule has 1 heteroatoms. The molecule has 65 heavy (non-hydrogen) atoms. The van der Waals surface area contributed by atoms with Crippen LogP contribution in [-0.4, -0.2) is 0 Å². The maximum atomic E-state index is 2.56. The molecule has 0 aliphatic heterocycles. The van der Waals surface area contributed by atoms with Crippen molar-refractivity contribution in [1.82, 2.24) is 0 Å². The van der Waals surface area contributed by atoms with Crippen LogP contribution in [0, 0.1) is 0 Å². The molecule has 0 fully saturated rings. The summed E-state index contributed by atoms with van der Waals surface area (Å²) in [6.45, 7) is 0. The molecule has 0 heterocycles. The molecular formula is C64H39P. The molecule has 0 nitrogen and oxygen atoms in total. The standard InChI is InChI=1S/C64H39P/c1-3-18-40(19-4-1)60-52-30-15-16-31-53(52)61(41-20-5-2-6-21-41)64-57-36-44-34-35-45(39-56(44)54-32-17-33-55(62(54)57)63(60)64)65(58-37-42-22-7-9-24-46(42)48-26-11-13-28-50(48)58)59-38-43-23-8-10-25-47(43)49-27-12-14-29-51(49)59/h1-39H. The van der Waals surface area contributed by atoms with E-state index in [-0.39, 0.29) is 0 Å². The van der Waals surface area contributed by atoms with Crippen LogP contribution in [0.5, 0.6) is 0 Å². The predicted octanol–water partition coefficient (Wildman–Crippen LogP) is 16.5. The summed E-state index contributed by atoms with van der Waals surface area (Å²) in [6.07, 6.45) is 0. The zero-order valence-corrected chi connectivity index (χ0v) is 36.4. The number of fused-ring (bicyclic) bond motifs is 12. The van der Waals surface area contributed by atoms with Gasteiger partial charge in [0.05, 0.1) is 0 Å². The van der Waals surface area contributed by atoms with E-state index < -0.39 is 7.92 Å². The van der Waals surface area contributed by atoms with Crippen molar-refractivity contribution >= 4 is 99.2 Å². The predicted molar refractivity (Wildman–Crippen MR) is 283 cm³/mol.